The molecule has 2 aromatic rings. The Labute approximate surface area is 166 Å². The minimum atomic E-state index is 0.126. The van der Waals surface area contributed by atoms with Gasteiger partial charge < -0.3 is 5.11 Å². The fourth-order valence-electron chi connectivity index (χ4n) is 4.06. The van der Waals surface area contributed by atoms with Crippen LogP contribution in [-0.2, 0) is 11.2 Å². The molecular weight excluding hydrogens is 344 g/mol. The van der Waals surface area contributed by atoms with Gasteiger partial charge in [0.1, 0.15) is 5.75 Å². The fraction of sp³-hybridized carbons (Fsp3) is 0.192. The fourth-order valence-corrected chi connectivity index (χ4v) is 4.06. The zero-order chi connectivity index (χ0) is 19.8. The second kappa shape index (κ2) is 7.12. The number of phenols is 1. The Morgan fingerprint density at radius 2 is 1.96 bits per heavy atom. The van der Waals surface area contributed by atoms with Crippen LogP contribution >= 0.6 is 0 Å². The average molecular weight is 368 g/mol. The highest BCUT2D eigenvalue weighted by Gasteiger charge is 2.27. The van der Waals surface area contributed by atoms with E-state index in [9.17, 15) is 9.90 Å². The lowest BCUT2D eigenvalue weighted by molar-refractivity contribution is -0.114. The van der Waals surface area contributed by atoms with E-state index in [1.807, 2.05) is 30.4 Å². The van der Waals surface area contributed by atoms with E-state index in [1.54, 1.807) is 6.07 Å². The second-order valence-corrected chi connectivity index (χ2v) is 7.65. The van der Waals surface area contributed by atoms with Gasteiger partial charge in [-0.2, -0.15) is 0 Å². The van der Waals surface area contributed by atoms with Crippen molar-refractivity contribution in [1.82, 2.24) is 0 Å². The number of aryl methyl sites for hydroxylation is 2. The summed E-state index contributed by atoms with van der Waals surface area (Å²) in [5, 5.41) is 10.4. The lowest BCUT2D eigenvalue weighted by Gasteiger charge is -2.26. The molecule has 0 radical (unpaired) electrons. The third-order valence-electron chi connectivity index (χ3n) is 5.85. The zero-order valence-electron chi connectivity index (χ0n) is 16.4. The topological polar surface area (TPSA) is 37.3 Å². The number of carbonyl (C=O) groups excluding carboxylic acids is 1. The third kappa shape index (κ3) is 3.16. The van der Waals surface area contributed by atoms with Crippen LogP contribution in [0.2, 0.25) is 0 Å². The Hall–Kier alpha value is -3.13. The number of ketones is 1. The first kappa shape index (κ1) is 18.2. The number of rotatable bonds is 4. The van der Waals surface area contributed by atoms with Gasteiger partial charge in [0.15, 0.2) is 5.78 Å². The lowest BCUT2D eigenvalue weighted by atomic mass is 9.77. The van der Waals surface area contributed by atoms with Gasteiger partial charge in [0.2, 0.25) is 0 Å². The molecular formula is C26H24O2. The van der Waals surface area contributed by atoms with Gasteiger partial charge in [0.25, 0.3) is 0 Å². The number of hydrogen-bond acceptors (Lipinski definition) is 2. The van der Waals surface area contributed by atoms with Crippen molar-refractivity contribution in [1.29, 1.82) is 0 Å². The first-order chi connectivity index (χ1) is 13.5. The summed E-state index contributed by atoms with van der Waals surface area (Å²) < 4.78 is 0. The van der Waals surface area contributed by atoms with Gasteiger partial charge in [-0.1, -0.05) is 55.1 Å². The standard InChI is InChI=1S/C26H24O2/c1-16-11-12-20(13-17(16)2)23-14-21-9-6-10-24(27)26(21)18(3)22(23)15-25(28)19-7-4-5-8-19/h4-7,9-13,27H,3,8,14-15H2,1-2H3. The highest BCUT2D eigenvalue weighted by Crippen LogP contribution is 2.44. The molecule has 4 rings (SSSR count). The van der Waals surface area contributed by atoms with Crippen LogP contribution in [0, 0.1) is 13.8 Å². The zero-order valence-corrected chi connectivity index (χ0v) is 16.4. The molecule has 0 unspecified atom stereocenters. The molecule has 1 N–H and O–H groups in total. The predicted octanol–water partition coefficient (Wildman–Crippen LogP) is 5.88. The molecule has 2 aliphatic carbocycles. The quantitative estimate of drug-likeness (QED) is 0.732. The molecule has 140 valence electrons. The summed E-state index contributed by atoms with van der Waals surface area (Å²) in [6, 6.07) is 12.0. The minimum Gasteiger partial charge on any atom is -0.507 e. The molecule has 0 aliphatic heterocycles. The van der Waals surface area contributed by atoms with Crippen molar-refractivity contribution < 1.29 is 9.90 Å². The molecule has 0 atom stereocenters. The largest absolute Gasteiger partial charge is 0.507 e. The Morgan fingerprint density at radius 1 is 1.14 bits per heavy atom. The first-order valence-corrected chi connectivity index (χ1v) is 9.64. The number of carbonyl (C=O) groups is 1. The van der Waals surface area contributed by atoms with E-state index in [4.69, 9.17) is 0 Å². The lowest BCUT2D eigenvalue weighted by Crippen LogP contribution is -2.12. The smallest absolute Gasteiger partial charge is 0.163 e. The van der Waals surface area contributed by atoms with E-state index in [2.05, 4.69) is 38.6 Å². The van der Waals surface area contributed by atoms with Gasteiger partial charge in [-0.3, -0.25) is 4.79 Å². The molecule has 2 heteroatoms. The maximum absolute atomic E-state index is 12.9. The number of aromatic hydroxyl groups is 1. The molecule has 2 aromatic carbocycles. The van der Waals surface area contributed by atoms with Crippen molar-refractivity contribution in [2.75, 3.05) is 0 Å². The van der Waals surface area contributed by atoms with Gasteiger partial charge in [0.05, 0.1) is 0 Å². The number of fused-ring (bicyclic) bond motifs is 1. The van der Waals surface area contributed by atoms with E-state index in [0.29, 0.717) is 19.3 Å². The van der Waals surface area contributed by atoms with Crippen LogP contribution < -0.4 is 0 Å². The Balaban J connectivity index is 1.83. The summed E-state index contributed by atoms with van der Waals surface area (Å²) in [5.74, 6) is 0.356. The Kier molecular flexibility index (Phi) is 4.64. The molecule has 0 saturated carbocycles. The molecule has 0 bridgehead atoms. The summed E-state index contributed by atoms with van der Waals surface area (Å²) >= 11 is 0. The van der Waals surface area contributed by atoms with Gasteiger partial charge in [0, 0.05) is 12.0 Å². The molecule has 0 spiro atoms. The van der Waals surface area contributed by atoms with Crippen molar-refractivity contribution in [3.63, 3.8) is 0 Å². The Morgan fingerprint density at radius 3 is 2.68 bits per heavy atom. The normalized spacial score (nSPS) is 15.6. The predicted molar refractivity (Wildman–Crippen MR) is 115 cm³/mol. The molecule has 2 aliphatic rings. The maximum Gasteiger partial charge on any atom is 0.163 e. The first-order valence-electron chi connectivity index (χ1n) is 9.64. The second-order valence-electron chi connectivity index (χ2n) is 7.65. The molecule has 0 aromatic heterocycles. The van der Waals surface area contributed by atoms with Crippen molar-refractivity contribution in [2.24, 2.45) is 0 Å². The number of allylic oxidation sites excluding steroid dienone is 7. The number of hydrogen-bond donors (Lipinski definition) is 1. The van der Waals surface area contributed by atoms with Gasteiger partial charge in [-0.25, -0.2) is 0 Å². The highest BCUT2D eigenvalue weighted by atomic mass is 16.3. The number of benzene rings is 2. The molecule has 2 nitrogen and oxygen atoms in total. The molecule has 28 heavy (non-hydrogen) atoms. The van der Waals surface area contributed by atoms with E-state index < -0.39 is 0 Å². The minimum absolute atomic E-state index is 0.126. The van der Waals surface area contributed by atoms with Crippen molar-refractivity contribution in [2.45, 2.75) is 33.1 Å². The van der Waals surface area contributed by atoms with Crippen LogP contribution in [0.15, 0.2) is 72.4 Å². The van der Waals surface area contributed by atoms with Crippen molar-refractivity contribution in [3.05, 3.63) is 100 Å². The Bertz CT molecular complexity index is 1090. The molecule has 0 heterocycles. The van der Waals surface area contributed by atoms with Crippen LogP contribution in [0.3, 0.4) is 0 Å². The maximum atomic E-state index is 12.9. The van der Waals surface area contributed by atoms with Crippen LogP contribution in [0.25, 0.3) is 11.1 Å². The third-order valence-corrected chi connectivity index (χ3v) is 5.85. The highest BCUT2D eigenvalue weighted by molar-refractivity contribution is 6.05. The number of Topliss-reactive ketones (excluding diaryl/α,β-unsaturated/α-hetero) is 1. The summed E-state index contributed by atoms with van der Waals surface area (Å²) in [5.41, 5.74) is 9.09. The van der Waals surface area contributed by atoms with E-state index >= 15 is 0 Å². The van der Waals surface area contributed by atoms with E-state index in [0.717, 1.165) is 39.0 Å². The van der Waals surface area contributed by atoms with Crippen LogP contribution in [0.4, 0.5) is 0 Å². The van der Waals surface area contributed by atoms with Gasteiger partial charge >= 0.3 is 0 Å². The molecule has 0 fully saturated rings. The van der Waals surface area contributed by atoms with Crippen molar-refractivity contribution >= 4 is 16.9 Å². The SMILES string of the molecule is C=C1C(CC(=O)C2=CC=CC2)=C(c2ccc(C)c(C)c2)Cc2cccc(O)c21. The monoisotopic (exact) mass is 368 g/mol. The van der Waals surface area contributed by atoms with Crippen molar-refractivity contribution in [3.8, 4) is 5.75 Å². The van der Waals surface area contributed by atoms with Crippen LogP contribution in [0.5, 0.6) is 5.75 Å². The summed E-state index contributed by atoms with van der Waals surface area (Å²) in [6.07, 6.45) is 7.52. The van der Waals surface area contributed by atoms with E-state index in [-0.39, 0.29) is 11.5 Å². The molecule has 0 amide bonds. The van der Waals surface area contributed by atoms with Crippen LogP contribution in [-0.4, -0.2) is 10.9 Å². The molecule has 0 saturated heterocycles. The summed E-state index contributed by atoms with van der Waals surface area (Å²) in [4.78, 5) is 12.9. The number of phenolic OH excluding ortho intramolecular Hbond substituents is 1. The average Bonchev–Trinajstić information content (AvgIpc) is 3.21. The van der Waals surface area contributed by atoms with Gasteiger partial charge in [-0.15, -0.1) is 0 Å². The summed E-state index contributed by atoms with van der Waals surface area (Å²) in [7, 11) is 0. The summed E-state index contributed by atoms with van der Waals surface area (Å²) in [6.45, 7) is 8.50. The van der Waals surface area contributed by atoms with Gasteiger partial charge in [-0.05, 0) is 77.3 Å². The van der Waals surface area contributed by atoms with E-state index in [1.165, 1.54) is 11.1 Å². The van der Waals surface area contributed by atoms with Crippen LogP contribution in [0.1, 0.15) is 40.7 Å².